The number of nitrogens with zero attached hydrogens (tertiary/aromatic N) is 8. The normalized spacial score (nSPS) is 16.5. The van der Waals surface area contributed by atoms with E-state index in [9.17, 15) is 4.79 Å². The van der Waals surface area contributed by atoms with E-state index >= 15 is 0 Å². The van der Waals surface area contributed by atoms with Gasteiger partial charge in [0.1, 0.15) is 11.5 Å². The second kappa shape index (κ2) is 10.7. The van der Waals surface area contributed by atoms with Crippen LogP contribution < -0.4 is 21.3 Å². The molecule has 12 heteroatoms. The maximum absolute atomic E-state index is 11.2. The average molecular weight is 483 g/mol. The van der Waals surface area contributed by atoms with Crippen molar-refractivity contribution in [1.29, 1.82) is 0 Å². The number of hydrogen-bond acceptors (Lipinski definition) is 11. The highest BCUT2D eigenvalue weighted by atomic mass is 16.5. The highest BCUT2D eigenvalue weighted by molar-refractivity contribution is 5.80. The third-order valence-corrected chi connectivity index (χ3v) is 6.09. The first-order valence-corrected chi connectivity index (χ1v) is 11.9. The summed E-state index contributed by atoms with van der Waals surface area (Å²) in [5, 5.41) is 0. The Morgan fingerprint density at radius 3 is 2.37 bits per heavy atom. The lowest BCUT2D eigenvalue weighted by Crippen LogP contribution is -2.48. The minimum Gasteiger partial charge on any atom is -0.393 e. The Morgan fingerprint density at radius 2 is 1.77 bits per heavy atom. The topological polar surface area (TPSA) is 143 Å². The molecule has 0 aromatic carbocycles. The SMILES string of the molecule is C=C(N1CCN(C=O)CC1)N(CC(C)C)c1nc(-c2cnc(N)nc2)nc(N2CCOCC2)c1N. The summed E-state index contributed by atoms with van der Waals surface area (Å²) >= 11 is 0. The van der Waals surface area contributed by atoms with Crippen molar-refractivity contribution in [1.82, 2.24) is 29.7 Å². The van der Waals surface area contributed by atoms with Gasteiger partial charge in [-0.05, 0) is 5.92 Å². The molecule has 2 aliphatic heterocycles. The molecule has 0 bridgehead atoms. The Balaban J connectivity index is 1.77. The van der Waals surface area contributed by atoms with Gasteiger partial charge in [-0.3, -0.25) is 4.79 Å². The lowest BCUT2D eigenvalue weighted by Gasteiger charge is -2.40. The van der Waals surface area contributed by atoms with Crippen molar-refractivity contribution in [3.05, 3.63) is 24.8 Å². The third kappa shape index (κ3) is 5.53. The minimum atomic E-state index is 0.182. The molecule has 0 radical (unpaired) electrons. The lowest BCUT2D eigenvalue weighted by molar-refractivity contribution is -0.119. The maximum atomic E-state index is 11.2. The number of carbonyl (C=O) groups excluding carboxylic acids is 1. The van der Waals surface area contributed by atoms with Crippen LogP contribution in [0, 0.1) is 5.92 Å². The Labute approximate surface area is 205 Å². The number of piperazine rings is 1. The highest BCUT2D eigenvalue weighted by Crippen LogP contribution is 2.35. The van der Waals surface area contributed by atoms with E-state index in [2.05, 4.69) is 45.1 Å². The number of morpholine rings is 1. The number of anilines is 4. The third-order valence-electron chi connectivity index (χ3n) is 6.09. The number of hydrogen-bond donors (Lipinski definition) is 2. The standard InChI is InChI=1S/C23H34N10O2/c1-16(2)14-33(17(3)31-6-4-30(15-34)5-7-31)22-19(24)21(32-8-10-35-11-9-32)28-20(29-22)18-12-26-23(25)27-13-18/h12-13,15-16H,3-11,14,24H2,1-2H3,(H2,25,26,27). The number of nitrogens with two attached hydrogens (primary N) is 2. The van der Waals surface area contributed by atoms with Crippen molar-refractivity contribution < 1.29 is 9.53 Å². The van der Waals surface area contributed by atoms with Crippen molar-refractivity contribution in [2.45, 2.75) is 13.8 Å². The summed E-state index contributed by atoms with van der Waals surface area (Å²) in [7, 11) is 0. The van der Waals surface area contributed by atoms with Gasteiger partial charge >= 0.3 is 0 Å². The monoisotopic (exact) mass is 482 g/mol. The van der Waals surface area contributed by atoms with Gasteiger partial charge in [-0.25, -0.2) is 19.9 Å². The molecule has 2 aliphatic rings. The summed E-state index contributed by atoms with van der Waals surface area (Å²) in [6.45, 7) is 14.6. The Bertz CT molecular complexity index is 1030. The molecule has 2 aromatic heterocycles. The second-order valence-corrected chi connectivity index (χ2v) is 9.09. The van der Waals surface area contributed by atoms with Gasteiger partial charge in [-0.2, -0.15) is 0 Å². The number of aromatic nitrogens is 4. The molecule has 0 saturated carbocycles. The van der Waals surface area contributed by atoms with E-state index in [4.69, 9.17) is 26.2 Å². The first kappa shape index (κ1) is 24.5. The molecule has 35 heavy (non-hydrogen) atoms. The molecule has 2 saturated heterocycles. The van der Waals surface area contributed by atoms with E-state index in [0.717, 1.165) is 12.2 Å². The van der Waals surface area contributed by atoms with Crippen molar-refractivity contribution in [3.63, 3.8) is 0 Å². The minimum absolute atomic E-state index is 0.182. The van der Waals surface area contributed by atoms with Crippen molar-refractivity contribution in [2.75, 3.05) is 80.3 Å². The predicted molar refractivity (Wildman–Crippen MR) is 135 cm³/mol. The first-order chi connectivity index (χ1) is 16.9. The number of amides is 1. The average Bonchev–Trinajstić information content (AvgIpc) is 2.88. The van der Waals surface area contributed by atoms with Crippen LogP contribution in [0.3, 0.4) is 0 Å². The van der Waals surface area contributed by atoms with Crippen molar-refractivity contribution >= 4 is 29.7 Å². The summed E-state index contributed by atoms with van der Waals surface area (Å²) < 4.78 is 5.54. The maximum Gasteiger partial charge on any atom is 0.219 e. The fourth-order valence-corrected chi connectivity index (χ4v) is 4.19. The molecule has 1 amide bonds. The molecule has 4 N–H and O–H groups in total. The van der Waals surface area contributed by atoms with E-state index in [-0.39, 0.29) is 5.95 Å². The number of carbonyl (C=O) groups is 1. The van der Waals surface area contributed by atoms with Crippen LogP contribution in [0.2, 0.25) is 0 Å². The van der Waals surface area contributed by atoms with E-state index in [1.54, 1.807) is 17.3 Å². The van der Waals surface area contributed by atoms with Crippen LogP contribution in [0.15, 0.2) is 24.8 Å². The zero-order chi connectivity index (χ0) is 24.9. The van der Waals surface area contributed by atoms with Gasteiger partial charge in [0.25, 0.3) is 0 Å². The summed E-state index contributed by atoms with van der Waals surface area (Å²) in [6, 6.07) is 0. The summed E-state index contributed by atoms with van der Waals surface area (Å²) in [6.07, 6.45) is 4.12. The zero-order valence-electron chi connectivity index (χ0n) is 20.4. The molecule has 12 nitrogen and oxygen atoms in total. The van der Waals surface area contributed by atoms with Crippen molar-refractivity contribution in [2.24, 2.45) is 5.92 Å². The van der Waals surface area contributed by atoms with Crippen molar-refractivity contribution in [3.8, 4) is 11.4 Å². The fraction of sp³-hybridized carbons (Fsp3) is 0.522. The molecule has 0 aliphatic carbocycles. The van der Waals surface area contributed by atoms with Crippen LogP contribution in [0.25, 0.3) is 11.4 Å². The van der Waals surface area contributed by atoms with Crippen LogP contribution in [-0.2, 0) is 9.53 Å². The predicted octanol–water partition coefficient (Wildman–Crippen LogP) is 0.642. The molecule has 4 rings (SSSR count). The molecular formula is C23H34N10O2. The largest absolute Gasteiger partial charge is 0.393 e. The van der Waals surface area contributed by atoms with Crippen LogP contribution in [0.5, 0.6) is 0 Å². The number of rotatable bonds is 8. The van der Waals surface area contributed by atoms with Gasteiger partial charge in [0, 0.05) is 58.2 Å². The van der Waals surface area contributed by atoms with Crippen LogP contribution in [-0.4, -0.2) is 95.2 Å². The van der Waals surface area contributed by atoms with Gasteiger partial charge in [0.05, 0.1) is 18.8 Å². The zero-order valence-corrected chi connectivity index (χ0v) is 20.4. The van der Waals surface area contributed by atoms with Crippen LogP contribution in [0.1, 0.15) is 13.8 Å². The van der Waals surface area contributed by atoms with Gasteiger partial charge in [-0.1, -0.05) is 20.4 Å². The van der Waals surface area contributed by atoms with Gasteiger partial charge in [-0.15, -0.1) is 0 Å². The van der Waals surface area contributed by atoms with Crippen LogP contribution >= 0.6 is 0 Å². The molecule has 0 atom stereocenters. The fourth-order valence-electron chi connectivity index (χ4n) is 4.19. The smallest absolute Gasteiger partial charge is 0.219 e. The Hall–Kier alpha value is -3.67. The highest BCUT2D eigenvalue weighted by Gasteiger charge is 2.28. The van der Waals surface area contributed by atoms with Crippen LogP contribution in [0.4, 0.5) is 23.3 Å². The van der Waals surface area contributed by atoms with Gasteiger partial charge in [0.15, 0.2) is 17.5 Å². The number of ether oxygens (including phenoxy) is 1. The molecule has 0 unspecified atom stereocenters. The Kier molecular flexibility index (Phi) is 7.49. The van der Waals surface area contributed by atoms with E-state index < -0.39 is 0 Å². The summed E-state index contributed by atoms with van der Waals surface area (Å²) in [5.41, 5.74) is 13.6. The van der Waals surface area contributed by atoms with E-state index in [1.807, 2.05) is 0 Å². The quantitative estimate of drug-likeness (QED) is 0.512. The molecule has 0 spiro atoms. The van der Waals surface area contributed by atoms with E-state index in [1.165, 1.54) is 0 Å². The Morgan fingerprint density at radius 1 is 1.11 bits per heavy atom. The molecule has 2 fully saturated rings. The molecule has 2 aromatic rings. The molecular weight excluding hydrogens is 448 g/mol. The van der Waals surface area contributed by atoms with Gasteiger partial charge in [0.2, 0.25) is 12.4 Å². The summed E-state index contributed by atoms with van der Waals surface area (Å²) in [4.78, 5) is 37.2. The lowest BCUT2D eigenvalue weighted by atomic mass is 10.2. The number of nitrogen functional groups attached to an aromatic ring is 2. The summed E-state index contributed by atoms with van der Waals surface area (Å²) in [5.74, 6) is 2.99. The first-order valence-electron chi connectivity index (χ1n) is 11.9. The molecule has 4 heterocycles. The molecule has 188 valence electrons. The van der Waals surface area contributed by atoms with Gasteiger partial charge < -0.3 is 35.8 Å². The second-order valence-electron chi connectivity index (χ2n) is 9.09. The van der Waals surface area contributed by atoms with E-state index in [0.29, 0.717) is 93.7 Å².